The second-order valence-electron chi connectivity index (χ2n) is 3.66. The van der Waals surface area contributed by atoms with Gasteiger partial charge in [0.2, 0.25) is 0 Å². The van der Waals surface area contributed by atoms with Crippen molar-refractivity contribution in [2.24, 2.45) is 0 Å². The molecular formula is C12H14N4OS. The molecule has 0 unspecified atom stereocenters. The molecule has 94 valence electrons. The summed E-state index contributed by atoms with van der Waals surface area (Å²) in [5.74, 6) is 0.730. The van der Waals surface area contributed by atoms with Gasteiger partial charge < -0.3 is 4.98 Å². The maximum atomic E-state index is 11.7. The lowest BCUT2D eigenvalue weighted by molar-refractivity contribution is 0.808. The lowest BCUT2D eigenvalue weighted by Crippen LogP contribution is -2.16. The number of aromatic amines is 1. The number of rotatable bonds is 6. The lowest BCUT2D eigenvalue weighted by atomic mass is 10.1. The summed E-state index contributed by atoms with van der Waals surface area (Å²) >= 11 is 1.41. The van der Waals surface area contributed by atoms with Gasteiger partial charge in [0, 0.05) is 12.2 Å². The Labute approximate surface area is 110 Å². The van der Waals surface area contributed by atoms with E-state index < -0.39 is 0 Å². The van der Waals surface area contributed by atoms with Crippen LogP contribution < -0.4 is 5.56 Å². The van der Waals surface area contributed by atoms with Crippen LogP contribution in [-0.2, 0) is 6.42 Å². The first kappa shape index (κ1) is 14.3. The summed E-state index contributed by atoms with van der Waals surface area (Å²) in [7, 11) is 0. The molecule has 0 radical (unpaired) electrons. The zero-order chi connectivity index (χ0) is 13.4. The topological polar surface area (TPSA) is 93.3 Å². The minimum absolute atomic E-state index is 0.109. The van der Waals surface area contributed by atoms with Crippen molar-refractivity contribution in [3.8, 4) is 12.1 Å². The highest BCUT2D eigenvalue weighted by Crippen LogP contribution is 2.15. The van der Waals surface area contributed by atoms with E-state index in [-0.39, 0.29) is 11.1 Å². The molecule has 0 spiro atoms. The Hall–Kier alpha value is -1.79. The molecule has 0 aliphatic heterocycles. The fourth-order valence-corrected chi connectivity index (χ4v) is 2.24. The number of nitrogens with zero attached hydrogens (tertiary/aromatic N) is 3. The van der Waals surface area contributed by atoms with Gasteiger partial charge in [0.1, 0.15) is 11.6 Å². The summed E-state index contributed by atoms with van der Waals surface area (Å²) in [6.45, 7) is 1.98. The molecule has 0 fully saturated rings. The van der Waals surface area contributed by atoms with Gasteiger partial charge in [0.05, 0.1) is 11.8 Å². The predicted molar refractivity (Wildman–Crippen MR) is 69.1 cm³/mol. The molecule has 0 aliphatic rings. The van der Waals surface area contributed by atoms with Gasteiger partial charge in [0.25, 0.3) is 5.56 Å². The molecule has 0 amide bonds. The Morgan fingerprint density at radius 2 is 2.22 bits per heavy atom. The largest absolute Gasteiger partial charge is 0.300 e. The molecule has 1 aromatic rings. The van der Waals surface area contributed by atoms with E-state index in [9.17, 15) is 4.79 Å². The van der Waals surface area contributed by atoms with Gasteiger partial charge in [0.15, 0.2) is 5.16 Å². The molecule has 1 rings (SSSR count). The quantitative estimate of drug-likeness (QED) is 0.480. The first-order valence-electron chi connectivity index (χ1n) is 5.76. The first-order chi connectivity index (χ1) is 8.72. The average molecular weight is 262 g/mol. The first-order valence-corrected chi connectivity index (χ1v) is 6.74. The number of aromatic nitrogens is 2. The van der Waals surface area contributed by atoms with Crippen LogP contribution in [0.4, 0.5) is 0 Å². The Morgan fingerprint density at radius 3 is 2.83 bits per heavy atom. The molecule has 1 heterocycles. The Balaban J connectivity index is 2.86. The van der Waals surface area contributed by atoms with Gasteiger partial charge in [-0.2, -0.15) is 10.5 Å². The summed E-state index contributed by atoms with van der Waals surface area (Å²) in [6.07, 6.45) is 2.71. The van der Waals surface area contributed by atoms with Gasteiger partial charge >= 0.3 is 0 Å². The molecule has 0 bridgehead atoms. The van der Waals surface area contributed by atoms with Crippen LogP contribution in [0.2, 0.25) is 0 Å². The summed E-state index contributed by atoms with van der Waals surface area (Å²) in [6, 6.07) is 3.96. The van der Waals surface area contributed by atoms with Gasteiger partial charge in [-0.1, -0.05) is 25.1 Å². The molecule has 0 atom stereocenters. The Morgan fingerprint density at radius 1 is 1.44 bits per heavy atom. The minimum Gasteiger partial charge on any atom is -0.300 e. The SMILES string of the molecule is CCCc1nc(SCCCC#N)[nH]c(=O)c1C#N. The number of aryl methyl sites for hydroxylation is 1. The maximum absolute atomic E-state index is 11.7. The zero-order valence-electron chi connectivity index (χ0n) is 10.2. The molecule has 18 heavy (non-hydrogen) atoms. The van der Waals surface area contributed by atoms with E-state index >= 15 is 0 Å². The lowest BCUT2D eigenvalue weighted by Gasteiger charge is -2.04. The van der Waals surface area contributed by atoms with Crippen molar-refractivity contribution in [2.45, 2.75) is 37.8 Å². The average Bonchev–Trinajstić information content (AvgIpc) is 2.35. The van der Waals surface area contributed by atoms with Gasteiger partial charge in [-0.25, -0.2) is 4.98 Å². The number of nitrogens with one attached hydrogen (secondary N) is 1. The van der Waals surface area contributed by atoms with Crippen LogP contribution in [-0.4, -0.2) is 15.7 Å². The van der Waals surface area contributed by atoms with E-state index in [0.717, 1.165) is 18.6 Å². The third-order valence-electron chi connectivity index (χ3n) is 2.24. The van der Waals surface area contributed by atoms with Crippen LogP contribution in [0.25, 0.3) is 0 Å². The number of unbranched alkanes of at least 4 members (excludes halogenated alkanes) is 1. The molecular weight excluding hydrogens is 248 g/mol. The van der Waals surface area contributed by atoms with Crippen molar-refractivity contribution in [1.82, 2.24) is 9.97 Å². The van der Waals surface area contributed by atoms with E-state index in [1.165, 1.54) is 11.8 Å². The number of nitriles is 2. The minimum atomic E-state index is -0.376. The highest BCUT2D eigenvalue weighted by atomic mass is 32.2. The van der Waals surface area contributed by atoms with E-state index in [0.29, 0.717) is 23.7 Å². The smallest absolute Gasteiger partial charge is 0.269 e. The molecule has 0 saturated heterocycles. The van der Waals surface area contributed by atoms with Crippen LogP contribution in [0.15, 0.2) is 9.95 Å². The van der Waals surface area contributed by atoms with Gasteiger partial charge in [-0.15, -0.1) is 0 Å². The third-order valence-corrected chi connectivity index (χ3v) is 3.20. The van der Waals surface area contributed by atoms with Crippen molar-refractivity contribution in [2.75, 3.05) is 5.75 Å². The molecule has 5 nitrogen and oxygen atoms in total. The van der Waals surface area contributed by atoms with Crippen LogP contribution in [0.1, 0.15) is 37.4 Å². The zero-order valence-corrected chi connectivity index (χ0v) is 11.0. The molecule has 1 N–H and O–H groups in total. The van der Waals surface area contributed by atoms with Gasteiger partial charge in [-0.05, 0) is 12.8 Å². The number of thioether (sulfide) groups is 1. The molecule has 0 saturated carbocycles. The fraction of sp³-hybridized carbons (Fsp3) is 0.500. The molecule has 0 aromatic carbocycles. The highest BCUT2D eigenvalue weighted by molar-refractivity contribution is 7.99. The monoisotopic (exact) mass is 262 g/mol. The summed E-state index contributed by atoms with van der Waals surface area (Å²) < 4.78 is 0. The van der Waals surface area contributed by atoms with E-state index in [1.807, 2.05) is 13.0 Å². The highest BCUT2D eigenvalue weighted by Gasteiger charge is 2.10. The number of hydrogen-bond acceptors (Lipinski definition) is 5. The van der Waals surface area contributed by atoms with E-state index in [4.69, 9.17) is 10.5 Å². The van der Waals surface area contributed by atoms with Crippen LogP contribution in [0.3, 0.4) is 0 Å². The molecule has 6 heteroatoms. The summed E-state index contributed by atoms with van der Waals surface area (Å²) in [5, 5.41) is 17.9. The van der Waals surface area contributed by atoms with Crippen molar-refractivity contribution in [3.05, 3.63) is 21.6 Å². The van der Waals surface area contributed by atoms with Crippen molar-refractivity contribution in [1.29, 1.82) is 10.5 Å². The van der Waals surface area contributed by atoms with E-state index in [2.05, 4.69) is 16.0 Å². The van der Waals surface area contributed by atoms with Crippen LogP contribution in [0.5, 0.6) is 0 Å². The van der Waals surface area contributed by atoms with Crippen molar-refractivity contribution < 1.29 is 0 Å². The third kappa shape index (κ3) is 3.90. The van der Waals surface area contributed by atoms with Crippen LogP contribution in [0, 0.1) is 22.7 Å². The molecule has 1 aromatic heterocycles. The van der Waals surface area contributed by atoms with Gasteiger partial charge in [-0.3, -0.25) is 4.79 Å². The number of H-pyrrole nitrogens is 1. The second-order valence-corrected chi connectivity index (χ2v) is 4.75. The fourth-order valence-electron chi connectivity index (χ4n) is 1.42. The Bertz CT molecular complexity index is 538. The van der Waals surface area contributed by atoms with Crippen molar-refractivity contribution in [3.63, 3.8) is 0 Å². The van der Waals surface area contributed by atoms with Crippen molar-refractivity contribution >= 4 is 11.8 Å². The summed E-state index contributed by atoms with van der Waals surface area (Å²) in [4.78, 5) is 18.6. The van der Waals surface area contributed by atoms with E-state index in [1.54, 1.807) is 0 Å². The predicted octanol–water partition coefficient (Wildman–Crippen LogP) is 1.99. The second kappa shape index (κ2) is 7.52. The summed E-state index contributed by atoms with van der Waals surface area (Å²) in [5.41, 5.74) is 0.295. The normalized spacial score (nSPS) is 9.72. The number of hydrogen-bond donors (Lipinski definition) is 1. The molecule has 0 aliphatic carbocycles. The van der Waals surface area contributed by atoms with Crippen LogP contribution >= 0.6 is 11.8 Å². The Kier molecular flexibility index (Phi) is 5.96. The maximum Gasteiger partial charge on any atom is 0.269 e. The standard InChI is InChI=1S/C12H14N4OS/c1-2-5-10-9(8-14)11(17)16-12(15-10)18-7-4-3-6-13/h2-5,7H2,1H3,(H,15,16,17).